The van der Waals surface area contributed by atoms with Gasteiger partial charge in [0.15, 0.2) is 0 Å². The van der Waals surface area contributed by atoms with Crippen molar-refractivity contribution in [2.75, 3.05) is 0 Å². The predicted octanol–water partition coefficient (Wildman–Crippen LogP) is 1.29. The fourth-order valence-corrected chi connectivity index (χ4v) is 0.434. The van der Waals surface area contributed by atoms with Crippen molar-refractivity contribution in [3.63, 3.8) is 0 Å². The third-order valence-corrected chi connectivity index (χ3v) is 0.523. The van der Waals surface area contributed by atoms with Crippen molar-refractivity contribution in [1.29, 1.82) is 0 Å². The van der Waals surface area contributed by atoms with Gasteiger partial charge in [0.1, 0.15) is 0 Å². The average molecular weight is 115 g/mol. The highest BCUT2D eigenvalue weighted by Gasteiger charge is 1.75. The number of hydrogen-bond acceptors (Lipinski definition) is 2. The molecule has 0 aliphatic carbocycles. The molecule has 0 aliphatic heterocycles. The van der Waals surface area contributed by atoms with Crippen LogP contribution in [0, 0.1) is 0 Å². The van der Waals surface area contributed by atoms with Crippen molar-refractivity contribution < 1.29 is 0 Å². The van der Waals surface area contributed by atoms with Crippen LogP contribution < -0.4 is 5.73 Å². The maximum Gasteiger partial charge on any atom is 0.0248 e. The van der Waals surface area contributed by atoms with Gasteiger partial charge < -0.3 is 5.73 Å². The van der Waals surface area contributed by atoms with Crippen LogP contribution in [0.4, 0.5) is 0 Å². The van der Waals surface area contributed by atoms with E-state index < -0.39 is 0 Å². The molecule has 0 spiro atoms. The standard InChI is InChI=1S/C5H9NS/c1-4(6)3-5(2)7/h3,7H,1,6H2,2H3/b5-3+. The van der Waals surface area contributed by atoms with Crippen LogP contribution in [0.25, 0.3) is 0 Å². The highest BCUT2D eigenvalue weighted by Crippen LogP contribution is 1.97. The molecule has 0 saturated carbocycles. The van der Waals surface area contributed by atoms with E-state index in [2.05, 4.69) is 19.2 Å². The Labute approximate surface area is 49.3 Å². The van der Waals surface area contributed by atoms with Gasteiger partial charge in [-0.15, -0.1) is 12.6 Å². The van der Waals surface area contributed by atoms with E-state index in [4.69, 9.17) is 5.73 Å². The zero-order valence-corrected chi connectivity index (χ0v) is 5.20. The summed E-state index contributed by atoms with van der Waals surface area (Å²) in [5, 5.41) is 0. The monoisotopic (exact) mass is 115 g/mol. The summed E-state index contributed by atoms with van der Waals surface area (Å²) in [6, 6.07) is 0. The first-order chi connectivity index (χ1) is 3.13. The molecule has 0 fully saturated rings. The topological polar surface area (TPSA) is 26.0 Å². The second-order valence-electron chi connectivity index (χ2n) is 1.36. The summed E-state index contributed by atoms with van der Waals surface area (Å²) in [5.74, 6) is 0. The molecule has 0 aliphatic rings. The van der Waals surface area contributed by atoms with E-state index in [9.17, 15) is 0 Å². The van der Waals surface area contributed by atoms with Crippen molar-refractivity contribution >= 4 is 12.6 Å². The van der Waals surface area contributed by atoms with Gasteiger partial charge in [0, 0.05) is 5.70 Å². The summed E-state index contributed by atoms with van der Waals surface area (Å²) in [5.41, 5.74) is 5.72. The molecule has 0 unspecified atom stereocenters. The minimum atomic E-state index is 0.549. The van der Waals surface area contributed by atoms with Gasteiger partial charge in [0.05, 0.1) is 0 Å². The van der Waals surface area contributed by atoms with Gasteiger partial charge >= 0.3 is 0 Å². The van der Waals surface area contributed by atoms with Crippen LogP contribution in [-0.2, 0) is 0 Å². The van der Waals surface area contributed by atoms with E-state index in [0.717, 1.165) is 4.91 Å². The highest BCUT2D eigenvalue weighted by molar-refractivity contribution is 7.84. The average Bonchev–Trinajstić information content (AvgIpc) is 1.27. The molecule has 40 valence electrons. The van der Waals surface area contributed by atoms with E-state index in [0.29, 0.717) is 5.70 Å². The van der Waals surface area contributed by atoms with Gasteiger partial charge in [0.25, 0.3) is 0 Å². The fraction of sp³-hybridized carbons (Fsp3) is 0.200. The summed E-state index contributed by atoms with van der Waals surface area (Å²) < 4.78 is 0. The number of nitrogens with two attached hydrogens (primary N) is 1. The van der Waals surface area contributed by atoms with Crippen LogP contribution in [0.1, 0.15) is 6.92 Å². The molecule has 0 rings (SSSR count). The molecule has 0 amide bonds. The minimum absolute atomic E-state index is 0.549. The Bertz CT molecular complexity index is 101. The smallest absolute Gasteiger partial charge is 0.0248 e. The maximum atomic E-state index is 5.17. The molecular formula is C5H9NS. The van der Waals surface area contributed by atoms with E-state index in [1.54, 1.807) is 6.08 Å². The Kier molecular flexibility index (Phi) is 2.60. The van der Waals surface area contributed by atoms with Crippen LogP contribution in [0.3, 0.4) is 0 Å². The zero-order chi connectivity index (χ0) is 5.86. The lowest BCUT2D eigenvalue weighted by molar-refractivity contribution is 1.43. The van der Waals surface area contributed by atoms with E-state index in [-0.39, 0.29) is 0 Å². The van der Waals surface area contributed by atoms with Crippen LogP contribution in [-0.4, -0.2) is 0 Å². The molecule has 1 nitrogen and oxygen atoms in total. The molecular weight excluding hydrogens is 106 g/mol. The first kappa shape index (κ1) is 6.63. The van der Waals surface area contributed by atoms with Gasteiger partial charge in [0.2, 0.25) is 0 Å². The van der Waals surface area contributed by atoms with Crippen LogP contribution in [0.2, 0.25) is 0 Å². The Hall–Kier alpha value is -0.370. The summed E-state index contributed by atoms with van der Waals surface area (Å²) in [6.45, 7) is 5.30. The van der Waals surface area contributed by atoms with E-state index in [1.807, 2.05) is 6.92 Å². The van der Waals surface area contributed by atoms with Crippen LogP contribution in [0.15, 0.2) is 23.3 Å². The number of thiol groups is 1. The second kappa shape index (κ2) is 2.75. The summed E-state index contributed by atoms with van der Waals surface area (Å²) >= 11 is 3.96. The lowest BCUT2D eigenvalue weighted by Gasteiger charge is -1.85. The predicted molar refractivity (Wildman–Crippen MR) is 36.1 cm³/mol. The van der Waals surface area contributed by atoms with Gasteiger partial charge in [-0.1, -0.05) is 6.58 Å². The van der Waals surface area contributed by atoms with E-state index >= 15 is 0 Å². The molecule has 0 aromatic rings. The first-order valence-corrected chi connectivity index (χ1v) is 2.39. The normalized spacial score (nSPS) is 11.4. The molecule has 0 saturated heterocycles. The molecule has 0 aromatic carbocycles. The fourth-order valence-electron chi connectivity index (χ4n) is 0.268. The summed E-state index contributed by atoms with van der Waals surface area (Å²) in [4.78, 5) is 0.882. The van der Waals surface area contributed by atoms with Gasteiger partial charge in [-0.3, -0.25) is 0 Å². The molecule has 2 heteroatoms. The number of allylic oxidation sites excluding steroid dienone is 2. The maximum absolute atomic E-state index is 5.17. The van der Waals surface area contributed by atoms with E-state index in [1.165, 1.54) is 0 Å². The highest BCUT2D eigenvalue weighted by atomic mass is 32.1. The quantitative estimate of drug-likeness (QED) is 0.391. The van der Waals surface area contributed by atoms with Crippen molar-refractivity contribution in [3.05, 3.63) is 23.3 Å². The molecule has 7 heavy (non-hydrogen) atoms. The number of hydrogen-bond donors (Lipinski definition) is 2. The first-order valence-electron chi connectivity index (χ1n) is 1.94. The van der Waals surface area contributed by atoms with Crippen molar-refractivity contribution in [3.8, 4) is 0 Å². The lowest BCUT2D eigenvalue weighted by atomic mass is 10.4. The zero-order valence-electron chi connectivity index (χ0n) is 4.31. The van der Waals surface area contributed by atoms with Gasteiger partial charge in [-0.05, 0) is 17.9 Å². The third kappa shape index (κ3) is 5.63. The molecule has 2 N–H and O–H groups in total. The summed E-state index contributed by atoms with van der Waals surface area (Å²) in [7, 11) is 0. The largest absolute Gasteiger partial charge is 0.399 e. The molecule has 0 radical (unpaired) electrons. The molecule has 0 aromatic heterocycles. The summed E-state index contributed by atoms with van der Waals surface area (Å²) in [6.07, 6.45) is 1.70. The Morgan fingerprint density at radius 1 is 1.86 bits per heavy atom. The van der Waals surface area contributed by atoms with Crippen molar-refractivity contribution in [2.24, 2.45) is 5.73 Å². The molecule has 0 heterocycles. The third-order valence-electron chi connectivity index (χ3n) is 0.394. The molecule has 0 bridgehead atoms. The van der Waals surface area contributed by atoms with Crippen LogP contribution >= 0.6 is 12.6 Å². The lowest BCUT2D eigenvalue weighted by Crippen LogP contribution is -1.88. The Morgan fingerprint density at radius 3 is 2.29 bits per heavy atom. The van der Waals surface area contributed by atoms with Gasteiger partial charge in [-0.25, -0.2) is 0 Å². The minimum Gasteiger partial charge on any atom is -0.399 e. The van der Waals surface area contributed by atoms with Crippen molar-refractivity contribution in [2.45, 2.75) is 6.92 Å². The van der Waals surface area contributed by atoms with Crippen molar-refractivity contribution in [1.82, 2.24) is 0 Å². The molecule has 0 atom stereocenters. The number of rotatable bonds is 1. The Balaban J connectivity index is 3.68. The van der Waals surface area contributed by atoms with Crippen LogP contribution in [0.5, 0.6) is 0 Å². The second-order valence-corrected chi connectivity index (χ2v) is 2.07. The Morgan fingerprint density at radius 2 is 2.29 bits per heavy atom. The SMILES string of the molecule is C=C(N)/C=C(\C)S. The van der Waals surface area contributed by atoms with Gasteiger partial charge in [-0.2, -0.15) is 0 Å².